The number of hydroxylamine groups is 1. The Hall–Kier alpha value is -1.73. The molecule has 1 rings (SSSR count). The van der Waals surface area contributed by atoms with Gasteiger partial charge in [-0.2, -0.15) is 0 Å². The van der Waals surface area contributed by atoms with Crippen LogP contribution in [0.3, 0.4) is 0 Å². The van der Waals surface area contributed by atoms with Gasteiger partial charge in [0.25, 0.3) is 5.91 Å². The zero-order valence-electron chi connectivity index (χ0n) is 7.16. The molecule has 0 spiro atoms. The minimum absolute atomic E-state index is 0.0442. The summed E-state index contributed by atoms with van der Waals surface area (Å²) in [5.74, 6) is 2.52. The molecule has 0 aliphatic heterocycles. The van der Waals surface area contributed by atoms with Gasteiger partial charge in [-0.3, -0.25) is 9.63 Å². The van der Waals surface area contributed by atoms with Crippen LogP contribution in [0.4, 0.5) is 0 Å². The second-order valence-electron chi connectivity index (χ2n) is 2.37. The van der Waals surface area contributed by atoms with Gasteiger partial charge in [-0.25, -0.2) is 5.48 Å². The Morgan fingerprint density at radius 2 is 2.62 bits per heavy atom. The number of nitrogens with one attached hydrogen (secondary N) is 1. The summed E-state index contributed by atoms with van der Waals surface area (Å²) in [6.07, 6.45) is 6.26. The molecule has 1 aromatic heterocycles. The molecule has 0 aromatic carbocycles. The molecular formula is C9H9NO3. The van der Waals surface area contributed by atoms with E-state index >= 15 is 0 Å². The van der Waals surface area contributed by atoms with E-state index in [-0.39, 0.29) is 12.5 Å². The first-order chi connectivity index (χ1) is 6.24. The van der Waals surface area contributed by atoms with E-state index in [1.54, 1.807) is 13.0 Å². The van der Waals surface area contributed by atoms with E-state index in [1.807, 2.05) is 0 Å². The fourth-order valence-corrected chi connectivity index (χ4v) is 0.765. The van der Waals surface area contributed by atoms with Crippen LogP contribution in [-0.4, -0.2) is 12.5 Å². The number of terminal acetylenes is 1. The van der Waals surface area contributed by atoms with E-state index in [2.05, 4.69) is 16.2 Å². The van der Waals surface area contributed by atoms with Gasteiger partial charge in [0.1, 0.15) is 18.6 Å². The largest absolute Gasteiger partial charge is 0.469 e. The Kier molecular flexibility index (Phi) is 3.12. The Morgan fingerprint density at radius 3 is 3.15 bits per heavy atom. The van der Waals surface area contributed by atoms with E-state index in [0.29, 0.717) is 11.3 Å². The highest BCUT2D eigenvalue weighted by atomic mass is 16.6. The summed E-state index contributed by atoms with van der Waals surface area (Å²) in [6, 6.07) is 1.61. The van der Waals surface area contributed by atoms with Gasteiger partial charge < -0.3 is 4.42 Å². The molecule has 1 amide bonds. The van der Waals surface area contributed by atoms with Crippen LogP contribution in [-0.2, 0) is 4.84 Å². The maximum atomic E-state index is 11.2. The molecule has 4 heteroatoms. The zero-order valence-corrected chi connectivity index (χ0v) is 7.16. The third-order valence-electron chi connectivity index (χ3n) is 1.31. The molecule has 0 saturated carbocycles. The van der Waals surface area contributed by atoms with Crippen LogP contribution < -0.4 is 5.48 Å². The summed E-state index contributed by atoms with van der Waals surface area (Å²) in [4.78, 5) is 15.8. The predicted molar refractivity (Wildman–Crippen MR) is 45.7 cm³/mol. The van der Waals surface area contributed by atoms with Crippen molar-refractivity contribution in [2.24, 2.45) is 0 Å². The molecule has 1 N–H and O–H groups in total. The van der Waals surface area contributed by atoms with Crippen molar-refractivity contribution in [2.45, 2.75) is 6.92 Å². The number of aryl methyl sites for hydroxylation is 1. The van der Waals surface area contributed by atoms with Crippen molar-refractivity contribution in [3.05, 3.63) is 23.7 Å². The molecule has 0 aliphatic rings. The van der Waals surface area contributed by atoms with Crippen molar-refractivity contribution in [1.29, 1.82) is 0 Å². The van der Waals surface area contributed by atoms with Gasteiger partial charge in [0.05, 0.1) is 5.56 Å². The van der Waals surface area contributed by atoms with Crippen LogP contribution >= 0.6 is 0 Å². The summed E-state index contributed by atoms with van der Waals surface area (Å²) in [5.41, 5.74) is 2.58. The summed E-state index contributed by atoms with van der Waals surface area (Å²) < 4.78 is 4.94. The molecule has 0 saturated heterocycles. The molecule has 68 valence electrons. The summed E-state index contributed by atoms with van der Waals surface area (Å²) in [6.45, 7) is 1.79. The Bertz CT molecular complexity index is 335. The van der Waals surface area contributed by atoms with Gasteiger partial charge in [0.15, 0.2) is 0 Å². The molecule has 0 bridgehead atoms. The Morgan fingerprint density at radius 1 is 1.85 bits per heavy atom. The van der Waals surface area contributed by atoms with Gasteiger partial charge in [-0.05, 0) is 13.0 Å². The number of rotatable bonds is 3. The van der Waals surface area contributed by atoms with Gasteiger partial charge in [-0.15, -0.1) is 6.42 Å². The van der Waals surface area contributed by atoms with Gasteiger partial charge in [-0.1, -0.05) is 5.92 Å². The number of carbonyl (C=O) groups is 1. The fraction of sp³-hybridized carbons (Fsp3) is 0.222. The standard InChI is InChI=1S/C9H9NO3/c1-3-4-13-10-9(11)8-5-7(2)12-6-8/h1,5-6H,4H2,2H3,(H,10,11). The molecule has 13 heavy (non-hydrogen) atoms. The van der Waals surface area contributed by atoms with Crippen molar-refractivity contribution in [3.63, 3.8) is 0 Å². The summed E-state index contributed by atoms with van der Waals surface area (Å²) in [5, 5.41) is 0. The quantitative estimate of drug-likeness (QED) is 0.425. The number of furan rings is 1. The van der Waals surface area contributed by atoms with E-state index in [0.717, 1.165) is 0 Å². The Labute approximate surface area is 75.8 Å². The topological polar surface area (TPSA) is 51.5 Å². The van der Waals surface area contributed by atoms with Crippen molar-refractivity contribution in [3.8, 4) is 12.3 Å². The molecule has 0 aliphatic carbocycles. The average molecular weight is 179 g/mol. The van der Waals surface area contributed by atoms with Crippen LogP contribution in [0.25, 0.3) is 0 Å². The molecule has 0 atom stereocenters. The molecule has 0 unspecified atom stereocenters. The smallest absolute Gasteiger partial charge is 0.278 e. The number of carbonyl (C=O) groups excluding carboxylic acids is 1. The predicted octanol–water partition coefficient (Wildman–Crippen LogP) is 0.883. The lowest BCUT2D eigenvalue weighted by molar-refractivity contribution is 0.0437. The van der Waals surface area contributed by atoms with E-state index in [4.69, 9.17) is 10.8 Å². The minimum Gasteiger partial charge on any atom is -0.469 e. The molecule has 1 heterocycles. The highest BCUT2D eigenvalue weighted by Gasteiger charge is 2.07. The van der Waals surface area contributed by atoms with E-state index < -0.39 is 0 Å². The van der Waals surface area contributed by atoms with Crippen LogP contribution in [0.5, 0.6) is 0 Å². The third kappa shape index (κ3) is 2.65. The van der Waals surface area contributed by atoms with Crippen molar-refractivity contribution in [2.75, 3.05) is 6.61 Å². The molecule has 4 nitrogen and oxygen atoms in total. The first-order valence-corrected chi connectivity index (χ1v) is 3.65. The van der Waals surface area contributed by atoms with Crippen molar-refractivity contribution in [1.82, 2.24) is 5.48 Å². The summed E-state index contributed by atoms with van der Waals surface area (Å²) >= 11 is 0. The SMILES string of the molecule is C#CCONC(=O)c1coc(C)c1. The normalized spacial score (nSPS) is 9.23. The van der Waals surface area contributed by atoms with Crippen LogP contribution in [0, 0.1) is 19.3 Å². The first kappa shape index (κ1) is 9.36. The number of hydrogen-bond donors (Lipinski definition) is 1. The Balaban J connectivity index is 2.45. The van der Waals surface area contributed by atoms with Gasteiger partial charge in [0.2, 0.25) is 0 Å². The first-order valence-electron chi connectivity index (χ1n) is 3.65. The maximum Gasteiger partial charge on any atom is 0.278 e. The average Bonchev–Trinajstić information content (AvgIpc) is 2.52. The molecule has 0 radical (unpaired) electrons. The van der Waals surface area contributed by atoms with E-state index in [1.165, 1.54) is 6.26 Å². The highest BCUT2D eigenvalue weighted by Crippen LogP contribution is 2.05. The van der Waals surface area contributed by atoms with Crippen LogP contribution in [0.15, 0.2) is 16.7 Å². The maximum absolute atomic E-state index is 11.2. The second kappa shape index (κ2) is 4.33. The van der Waals surface area contributed by atoms with Crippen molar-refractivity contribution < 1.29 is 14.0 Å². The van der Waals surface area contributed by atoms with Crippen LogP contribution in [0.2, 0.25) is 0 Å². The molecule has 1 aromatic rings. The monoisotopic (exact) mass is 179 g/mol. The lowest BCUT2D eigenvalue weighted by Crippen LogP contribution is -2.23. The number of amides is 1. The number of hydrogen-bond acceptors (Lipinski definition) is 3. The lowest BCUT2D eigenvalue weighted by Gasteiger charge is -1.99. The molecule has 0 fully saturated rings. The third-order valence-corrected chi connectivity index (χ3v) is 1.31. The molecular weight excluding hydrogens is 170 g/mol. The second-order valence-corrected chi connectivity index (χ2v) is 2.37. The van der Waals surface area contributed by atoms with Gasteiger partial charge >= 0.3 is 0 Å². The zero-order chi connectivity index (χ0) is 9.68. The van der Waals surface area contributed by atoms with Crippen LogP contribution in [0.1, 0.15) is 16.1 Å². The van der Waals surface area contributed by atoms with E-state index in [9.17, 15) is 4.79 Å². The minimum atomic E-state index is -0.368. The van der Waals surface area contributed by atoms with Crippen molar-refractivity contribution >= 4 is 5.91 Å². The lowest BCUT2D eigenvalue weighted by atomic mass is 10.3. The highest BCUT2D eigenvalue weighted by molar-refractivity contribution is 5.93. The van der Waals surface area contributed by atoms with Gasteiger partial charge in [0, 0.05) is 0 Å². The summed E-state index contributed by atoms with van der Waals surface area (Å²) in [7, 11) is 0. The fourth-order valence-electron chi connectivity index (χ4n) is 0.765.